The first-order chi connectivity index (χ1) is 23.9. The molecule has 0 aliphatic heterocycles. The van der Waals surface area contributed by atoms with E-state index in [4.69, 9.17) is 4.98 Å². The van der Waals surface area contributed by atoms with Gasteiger partial charge in [0.2, 0.25) is 0 Å². The van der Waals surface area contributed by atoms with E-state index in [1.807, 2.05) is 85.1 Å². The van der Waals surface area contributed by atoms with E-state index in [1.165, 1.54) is 22.3 Å². The molecule has 0 fully saturated rings. The Morgan fingerprint density at radius 1 is 0.490 bits per heavy atom. The third-order valence-corrected chi connectivity index (χ3v) is 13.3. The minimum atomic E-state index is -3.03. The van der Waals surface area contributed by atoms with Gasteiger partial charge in [0.05, 0.1) is 16.7 Å². The standard InChI is InChI=1S/C45H33N2OP/c1-45(2)40-28-33(30-17-22-37(23-18-30)49(48,35-11-5-3-6-12-35)36-13-7-4-8-14-36)19-24-38(40)39-25-20-34(29-41(39)45)42-26-21-32-16-15-31-10-9-27-46-43(31)44(32)47-42/h3-29H,1-2H3. The number of aromatic nitrogens is 2. The lowest BCUT2D eigenvalue weighted by Gasteiger charge is -2.23. The molecule has 0 atom stereocenters. The maximum absolute atomic E-state index is 14.9. The average Bonchev–Trinajstić information content (AvgIpc) is 3.39. The molecule has 9 rings (SSSR count). The molecule has 0 amide bonds. The molecule has 0 bridgehead atoms. The van der Waals surface area contributed by atoms with Crippen LogP contribution in [0.25, 0.3) is 55.3 Å². The van der Waals surface area contributed by atoms with Crippen molar-refractivity contribution >= 4 is 44.9 Å². The Kier molecular flexibility index (Phi) is 6.76. The van der Waals surface area contributed by atoms with Gasteiger partial charge in [-0.2, -0.15) is 0 Å². The van der Waals surface area contributed by atoms with Gasteiger partial charge in [0, 0.05) is 43.9 Å². The molecule has 4 heteroatoms. The van der Waals surface area contributed by atoms with E-state index in [9.17, 15) is 4.57 Å². The third kappa shape index (κ3) is 4.69. The van der Waals surface area contributed by atoms with Gasteiger partial charge in [-0.1, -0.05) is 147 Å². The predicted molar refractivity (Wildman–Crippen MR) is 205 cm³/mol. The monoisotopic (exact) mass is 648 g/mol. The lowest BCUT2D eigenvalue weighted by molar-refractivity contribution is 0.592. The zero-order valence-electron chi connectivity index (χ0n) is 27.3. The van der Waals surface area contributed by atoms with E-state index in [0.29, 0.717) is 0 Å². The van der Waals surface area contributed by atoms with Crippen molar-refractivity contribution in [2.24, 2.45) is 0 Å². The van der Waals surface area contributed by atoms with Crippen molar-refractivity contribution in [2.45, 2.75) is 19.3 Å². The van der Waals surface area contributed by atoms with Crippen LogP contribution >= 0.6 is 7.14 Å². The summed E-state index contributed by atoms with van der Waals surface area (Å²) in [6.45, 7) is 4.63. The van der Waals surface area contributed by atoms with Crippen LogP contribution in [0, 0.1) is 0 Å². The molecule has 0 radical (unpaired) electrons. The number of hydrogen-bond acceptors (Lipinski definition) is 3. The van der Waals surface area contributed by atoms with Crippen molar-refractivity contribution in [3.63, 3.8) is 0 Å². The summed E-state index contributed by atoms with van der Waals surface area (Å²) in [5, 5.41) is 4.70. The Morgan fingerprint density at radius 3 is 1.67 bits per heavy atom. The summed E-state index contributed by atoms with van der Waals surface area (Å²) >= 11 is 0. The summed E-state index contributed by atoms with van der Waals surface area (Å²) < 4.78 is 14.9. The second-order valence-corrected chi connectivity index (χ2v) is 16.1. The Labute approximate surface area is 286 Å². The molecule has 234 valence electrons. The number of benzene rings is 6. The molecule has 0 saturated carbocycles. The van der Waals surface area contributed by atoms with Gasteiger partial charge in [-0.25, -0.2) is 4.98 Å². The van der Waals surface area contributed by atoms with Gasteiger partial charge in [-0.3, -0.25) is 4.98 Å². The van der Waals surface area contributed by atoms with Gasteiger partial charge in [0.15, 0.2) is 7.14 Å². The zero-order chi connectivity index (χ0) is 33.2. The lowest BCUT2D eigenvalue weighted by atomic mass is 9.81. The van der Waals surface area contributed by atoms with Gasteiger partial charge in [0.25, 0.3) is 0 Å². The fourth-order valence-electron chi connectivity index (χ4n) is 7.55. The number of hydrogen-bond donors (Lipinski definition) is 0. The van der Waals surface area contributed by atoms with Crippen LogP contribution in [-0.4, -0.2) is 9.97 Å². The number of pyridine rings is 2. The fourth-order valence-corrected chi connectivity index (χ4v) is 10.2. The molecule has 49 heavy (non-hydrogen) atoms. The first kappa shape index (κ1) is 29.5. The first-order valence-electron chi connectivity index (χ1n) is 16.7. The summed E-state index contributed by atoms with van der Waals surface area (Å²) in [5.74, 6) is 0. The number of rotatable bonds is 5. The van der Waals surface area contributed by atoms with Gasteiger partial charge in [0.1, 0.15) is 0 Å². The summed E-state index contributed by atoms with van der Waals surface area (Å²) in [4.78, 5) is 9.78. The summed E-state index contributed by atoms with van der Waals surface area (Å²) in [6.07, 6.45) is 1.84. The Bertz CT molecular complexity index is 2550. The number of nitrogens with zero attached hydrogens (tertiary/aromatic N) is 2. The van der Waals surface area contributed by atoms with Crippen LogP contribution in [0.1, 0.15) is 25.0 Å². The maximum Gasteiger partial charge on any atom is 0.171 e. The Hall–Kier alpha value is -5.63. The van der Waals surface area contributed by atoms with Crippen molar-refractivity contribution in [1.82, 2.24) is 9.97 Å². The van der Waals surface area contributed by atoms with E-state index in [-0.39, 0.29) is 5.41 Å². The maximum atomic E-state index is 14.9. The molecule has 0 unspecified atom stereocenters. The fraction of sp³-hybridized carbons (Fsp3) is 0.0667. The SMILES string of the molecule is CC1(C)c2cc(-c3ccc(P(=O)(c4ccccc4)c4ccccc4)cc3)ccc2-c2ccc(-c3ccc4ccc5cccnc5c4n3)cc21. The van der Waals surface area contributed by atoms with Gasteiger partial charge < -0.3 is 4.57 Å². The quantitative estimate of drug-likeness (QED) is 0.138. The molecule has 6 aromatic carbocycles. The highest BCUT2D eigenvalue weighted by Gasteiger charge is 2.36. The summed E-state index contributed by atoms with van der Waals surface area (Å²) in [5.41, 5.74) is 11.1. The molecule has 1 aliphatic rings. The second-order valence-electron chi connectivity index (χ2n) is 13.4. The van der Waals surface area contributed by atoms with Crippen LogP contribution in [0.5, 0.6) is 0 Å². The van der Waals surface area contributed by atoms with E-state index in [1.54, 1.807) is 0 Å². The smallest absolute Gasteiger partial charge is 0.171 e. The summed E-state index contributed by atoms with van der Waals surface area (Å²) in [6, 6.07) is 54.1. The molecule has 0 saturated heterocycles. The molecule has 3 nitrogen and oxygen atoms in total. The van der Waals surface area contributed by atoms with Crippen LogP contribution in [0.2, 0.25) is 0 Å². The number of fused-ring (bicyclic) bond motifs is 6. The molecule has 1 aliphatic carbocycles. The third-order valence-electron chi connectivity index (χ3n) is 10.2. The van der Waals surface area contributed by atoms with Crippen LogP contribution in [0.3, 0.4) is 0 Å². The van der Waals surface area contributed by atoms with E-state index < -0.39 is 7.14 Å². The second kappa shape index (κ2) is 11.2. The molecule has 8 aromatic rings. The molecule has 0 N–H and O–H groups in total. The van der Waals surface area contributed by atoms with Crippen molar-refractivity contribution in [1.29, 1.82) is 0 Å². The van der Waals surface area contributed by atoms with Crippen molar-refractivity contribution in [3.05, 3.63) is 175 Å². The predicted octanol–water partition coefficient (Wildman–Crippen LogP) is 10.1. The Morgan fingerprint density at radius 2 is 1.02 bits per heavy atom. The van der Waals surface area contributed by atoms with Gasteiger partial charge >= 0.3 is 0 Å². The highest BCUT2D eigenvalue weighted by molar-refractivity contribution is 7.85. The molecule has 2 heterocycles. The van der Waals surface area contributed by atoms with Crippen LogP contribution in [0.15, 0.2) is 164 Å². The minimum Gasteiger partial charge on any atom is -0.309 e. The average molecular weight is 649 g/mol. The summed E-state index contributed by atoms with van der Waals surface area (Å²) in [7, 11) is -3.03. The van der Waals surface area contributed by atoms with Gasteiger partial charge in [-0.05, 0) is 57.6 Å². The van der Waals surface area contributed by atoms with Crippen molar-refractivity contribution < 1.29 is 4.57 Å². The van der Waals surface area contributed by atoms with Crippen LogP contribution in [-0.2, 0) is 9.98 Å². The topological polar surface area (TPSA) is 42.9 Å². The van der Waals surface area contributed by atoms with Crippen molar-refractivity contribution in [2.75, 3.05) is 0 Å². The van der Waals surface area contributed by atoms with E-state index in [2.05, 4.69) is 97.7 Å². The van der Waals surface area contributed by atoms with Crippen molar-refractivity contribution in [3.8, 4) is 33.5 Å². The highest BCUT2D eigenvalue weighted by Crippen LogP contribution is 2.51. The molecular weight excluding hydrogens is 615 g/mol. The van der Waals surface area contributed by atoms with E-state index >= 15 is 0 Å². The molecule has 0 spiro atoms. The van der Waals surface area contributed by atoms with Crippen LogP contribution in [0.4, 0.5) is 0 Å². The molecule has 2 aromatic heterocycles. The largest absolute Gasteiger partial charge is 0.309 e. The zero-order valence-corrected chi connectivity index (χ0v) is 28.2. The van der Waals surface area contributed by atoms with Gasteiger partial charge in [-0.15, -0.1) is 0 Å². The first-order valence-corrected chi connectivity index (χ1v) is 18.4. The Balaban J connectivity index is 1.07. The highest BCUT2D eigenvalue weighted by atomic mass is 31.2. The van der Waals surface area contributed by atoms with E-state index in [0.717, 1.165) is 60.1 Å². The lowest BCUT2D eigenvalue weighted by Crippen LogP contribution is -2.24. The molecular formula is C45H33N2OP. The normalized spacial score (nSPS) is 13.3. The minimum absolute atomic E-state index is 0.196. The van der Waals surface area contributed by atoms with Crippen LogP contribution < -0.4 is 15.9 Å².